The Bertz CT molecular complexity index is 870. The average Bonchev–Trinajstić information content (AvgIpc) is 3.11. The highest BCUT2D eigenvalue weighted by atomic mass is 32.2. The van der Waals surface area contributed by atoms with E-state index in [1.807, 2.05) is 0 Å². The van der Waals surface area contributed by atoms with Crippen LogP contribution in [-0.4, -0.2) is 48.3 Å². The third-order valence-electron chi connectivity index (χ3n) is 4.68. The number of thiazole rings is 1. The van der Waals surface area contributed by atoms with Crippen molar-refractivity contribution in [2.75, 3.05) is 18.8 Å². The summed E-state index contributed by atoms with van der Waals surface area (Å²) in [5, 5.41) is 2.18. The topological polar surface area (TPSA) is 67.3 Å². The van der Waals surface area contributed by atoms with Gasteiger partial charge in [0.15, 0.2) is 9.84 Å². The molecule has 1 fully saturated rings. The summed E-state index contributed by atoms with van der Waals surface area (Å²) in [5.41, 5.74) is 1.33. The molecule has 3 rings (SSSR count). The molecule has 2 aromatic rings. The standard InChI is InChI=1S/C18H21FN2O3S2/c1-2-26(23,24)15-7-9-21(10-8-15)18(22)16-12-25-17(20-16)11-13-3-5-14(19)6-4-13/h3-6,12,15H,2,7-11H2,1H3. The number of likely N-dealkylation sites (tertiary alicyclic amines) is 1. The lowest BCUT2D eigenvalue weighted by Gasteiger charge is -2.31. The fourth-order valence-electron chi connectivity index (χ4n) is 3.08. The molecule has 0 spiro atoms. The molecule has 0 atom stereocenters. The van der Waals surface area contributed by atoms with E-state index in [1.54, 1.807) is 29.3 Å². The summed E-state index contributed by atoms with van der Waals surface area (Å²) < 4.78 is 36.9. The van der Waals surface area contributed by atoms with Crippen LogP contribution in [0.1, 0.15) is 40.8 Å². The first-order valence-electron chi connectivity index (χ1n) is 8.58. The third-order valence-corrected chi connectivity index (χ3v) is 7.82. The molecule has 0 aliphatic carbocycles. The van der Waals surface area contributed by atoms with Crippen LogP contribution >= 0.6 is 11.3 Å². The summed E-state index contributed by atoms with van der Waals surface area (Å²) in [4.78, 5) is 18.7. The lowest BCUT2D eigenvalue weighted by Crippen LogP contribution is -2.43. The summed E-state index contributed by atoms with van der Waals surface area (Å²) in [6, 6.07) is 6.22. The number of sulfone groups is 1. The van der Waals surface area contributed by atoms with Gasteiger partial charge in [0.1, 0.15) is 11.5 Å². The van der Waals surface area contributed by atoms with Crippen LogP contribution in [0.5, 0.6) is 0 Å². The number of carbonyl (C=O) groups excluding carboxylic acids is 1. The van der Waals surface area contributed by atoms with Crippen molar-refractivity contribution < 1.29 is 17.6 Å². The van der Waals surface area contributed by atoms with Crippen LogP contribution < -0.4 is 0 Å². The van der Waals surface area contributed by atoms with E-state index in [0.29, 0.717) is 38.0 Å². The van der Waals surface area contributed by atoms with Gasteiger partial charge < -0.3 is 4.90 Å². The molecule has 1 aliphatic heterocycles. The van der Waals surface area contributed by atoms with E-state index in [2.05, 4.69) is 4.98 Å². The van der Waals surface area contributed by atoms with E-state index in [9.17, 15) is 17.6 Å². The maximum Gasteiger partial charge on any atom is 0.273 e. The van der Waals surface area contributed by atoms with Crippen molar-refractivity contribution in [3.05, 3.63) is 51.7 Å². The van der Waals surface area contributed by atoms with Gasteiger partial charge in [0, 0.05) is 30.6 Å². The van der Waals surface area contributed by atoms with Crippen molar-refractivity contribution in [2.24, 2.45) is 0 Å². The van der Waals surface area contributed by atoms with Crippen LogP contribution in [0.25, 0.3) is 0 Å². The number of piperidine rings is 1. The van der Waals surface area contributed by atoms with Crippen LogP contribution in [-0.2, 0) is 16.3 Å². The average molecular weight is 397 g/mol. The number of hydrogen-bond donors (Lipinski definition) is 0. The molecule has 0 saturated carbocycles. The number of benzene rings is 1. The number of rotatable bonds is 5. The Balaban J connectivity index is 1.61. The Morgan fingerprint density at radius 1 is 1.27 bits per heavy atom. The number of nitrogens with zero attached hydrogens (tertiary/aromatic N) is 2. The predicted octanol–water partition coefficient (Wildman–Crippen LogP) is 2.91. The van der Waals surface area contributed by atoms with Crippen molar-refractivity contribution in [3.63, 3.8) is 0 Å². The number of amides is 1. The molecule has 0 N–H and O–H groups in total. The normalized spacial score (nSPS) is 16.0. The Morgan fingerprint density at radius 2 is 1.92 bits per heavy atom. The summed E-state index contributed by atoms with van der Waals surface area (Å²) in [6.45, 7) is 2.53. The zero-order chi connectivity index (χ0) is 18.7. The molecular formula is C18H21FN2O3S2. The Hall–Kier alpha value is -1.80. The maximum atomic E-state index is 13.0. The molecule has 26 heavy (non-hydrogen) atoms. The van der Waals surface area contributed by atoms with Gasteiger partial charge in [0.25, 0.3) is 5.91 Å². The number of aromatic nitrogens is 1. The largest absolute Gasteiger partial charge is 0.337 e. The number of halogens is 1. The number of carbonyl (C=O) groups is 1. The molecule has 0 unspecified atom stereocenters. The monoisotopic (exact) mass is 396 g/mol. The van der Waals surface area contributed by atoms with Crippen LogP contribution in [0.3, 0.4) is 0 Å². The van der Waals surface area contributed by atoms with Crippen molar-refractivity contribution in [3.8, 4) is 0 Å². The maximum absolute atomic E-state index is 13.0. The van der Waals surface area contributed by atoms with Crippen molar-refractivity contribution in [1.82, 2.24) is 9.88 Å². The fourth-order valence-corrected chi connectivity index (χ4v) is 5.29. The van der Waals surface area contributed by atoms with E-state index >= 15 is 0 Å². The zero-order valence-electron chi connectivity index (χ0n) is 14.5. The second-order valence-corrected chi connectivity index (χ2v) is 9.89. The summed E-state index contributed by atoms with van der Waals surface area (Å²) in [5.74, 6) is -0.291. The first kappa shape index (κ1) is 19.0. The van der Waals surface area contributed by atoms with Crippen molar-refractivity contribution >= 4 is 27.1 Å². The summed E-state index contributed by atoms with van der Waals surface area (Å²) in [6.07, 6.45) is 1.51. The van der Waals surface area contributed by atoms with Crippen molar-refractivity contribution in [1.29, 1.82) is 0 Å². The van der Waals surface area contributed by atoms with Gasteiger partial charge in [-0.15, -0.1) is 11.3 Å². The molecule has 0 bridgehead atoms. The Morgan fingerprint density at radius 3 is 2.54 bits per heavy atom. The van der Waals surface area contributed by atoms with Gasteiger partial charge in [0.2, 0.25) is 0 Å². The highest BCUT2D eigenvalue weighted by molar-refractivity contribution is 7.92. The molecule has 0 radical (unpaired) electrons. The SMILES string of the molecule is CCS(=O)(=O)C1CCN(C(=O)c2csc(Cc3ccc(F)cc3)n2)CC1. The fraction of sp³-hybridized carbons (Fsp3) is 0.444. The molecule has 1 aromatic carbocycles. The van der Waals surface area contributed by atoms with E-state index in [-0.39, 0.29) is 22.7 Å². The van der Waals surface area contributed by atoms with Crippen LogP contribution in [0, 0.1) is 5.82 Å². The van der Waals surface area contributed by atoms with Gasteiger partial charge in [-0.2, -0.15) is 0 Å². The molecule has 1 aromatic heterocycles. The van der Waals surface area contributed by atoms with Crippen molar-refractivity contribution in [2.45, 2.75) is 31.4 Å². The number of hydrogen-bond acceptors (Lipinski definition) is 5. The van der Waals surface area contributed by atoms with Gasteiger partial charge in [-0.05, 0) is 30.5 Å². The molecule has 1 saturated heterocycles. The first-order chi connectivity index (χ1) is 12.4. The van der Waals surface area contributed by atoms with Crippen LogP contribution in [0.15, 0.2) is 29.6 Å². The van der Waals surface area contributed by atoms with Gasteiger partial charge in [-0.25, -0.2) is 17.8 Å². The van der Waals surface area contributed by atoms with E-state index in [0.717, 1.165) is 10.6 Å². The first-order valence-corrected chi connectivity index (χ1v) is 11.2. The molecule has 1 amide bonds. The molecule has 140 valence electrons. The zero-order valence-corrected chi connectivity index (χ0v) is 16.2. The minimum absolute atomic E-state index is 0.143. The summed E-state index contributed by atoms with van der Waals surface area (Å²) >= 11 is 1.40. The van der Waals surface area contributed by atoms with Gasteiger partial charge in [-0.1, -0.05) is 19.1 Å². The molecule has 2 heterocycles. The quantitative estimate of drug-likeness (QED) is 0.779. The second-order valence-electron chi connectivity index (χ2n) is 6.37. The highest BCUT2D eigenvalue weighted by Gasteiger charge is 2.31. The van der Waals surface area contributed by atoms with Gasteiger partial charge in [-0.3, -0.25) is 4.79 Å². The summed E-state index contributed by atoms with van der Waals surface area (Å²) in [7, 11) is -3.05. The highest BCUT2D eigenvalue weighted by Crippen LogP contribution is 2.21. The minimum atomic E-state index is -3.05. The minimum Gasteiger partial charge on any atom is -0.337 e. The molecule has 8 heteroatoms. The van der Waals surface area contributed by atoms with E-state index in [4.69, 9.17) is 0 Å². The predicted molar refractivity (Wildman–Crippen MR) is 99.7 cm³/mol. The van der Waals surface area contributed by atoms with Gasteiger partial charge in [0.05, 0.1) is 10.3 Å². The lowest BCUT2D eigenvalue weighted by atomic mass is 10.1. The molecule has 1 aliphatic rings. The van der Waals surface area contributed by atoms with Gasteiger partial charge >= 0.3 is 0 Å². The smallest absolute Gasteiger partial charge is 0.273 e. The van der Waals surface area contributed by atoms with E-state index in [1.165, 1.54) is 23.5 Å². The molecule has 5 nitrogen and oxygen atoms in total. The van der Waals surface area contributed by atoms with Crippen LogP contribution in [0.2, 0.25) is 0 Å². The lowest BCUT2D eigenvalue weighted by molar-refractivity contribution is 0.0720. The third kappa shape index (κ3) is 4.29. The molecular weight excluding hydrogens is 375 g/mol. The second kappa shape index (κ2) is 7.84. The van der Waals surface area contributed by atoms with E-state index < -0.39 is 9.84 Å². The Labute approximate surface area is 156 Å². The Kier molecular flexibility index (Phi) is 5.72. The van der Waals surface area contributed by atoms with Crippen LogP contribution in [0.4, 0.5) is 4.39 Å².